The van der Waals surface area contributed by atoms with Crippen LogP contribution in [0.25, 0.3) is 32.7 Å². The molecule has 2 aromatic heterocycles. The van der Waals surface area contributed by atoms with E-state index < -0.39 is 0 Å². The van der Waals surface area contributed by atoms with Crippen molar-refractivity contribution < 1.29 is 30.8 Å². The van der Waals surface area contributed by atoms with Crippen LogP contribution in [-0.4, -0.2) is 10.4 Å². The molecule has 4 nitrogen and oxygen atoms in total. The minimum Gasteiger partial charge on any atom is -1.00 e. The van der Waals surface area contributed by atoms with E-state index in [1.165, 1.54) is 5.56 Å². The van der Waals surface area contributed by atoms with Crippen molar-refractivity contribution in [1.29, 1.82) is 0 Å². The third kappa shape index (κ3) is 4.52. The highest BCUT2D eigenvalue weighted by atomic mass is 79.9. The standard InChI is InChI=1S/C35H27N2O2.BrH/c1-24-36(23-32(38)28-16-15-25-9-5-6-12-27(25)21-28)19-20-37(24)35(26-10-3-2-4-11-26)29-17-18-34-31(22-29)30-13-7-8-14-33(30)39-34;/h2-22,35H,23H2,1H3;1H/q+1;/p-1. The molecule has 1 unspecified atom stereocenters. The van der Waals surface area contributed by atoms with Gasteiger partial charge in [-0.05, 0) is 35.0 Å². The number of ketones is 1. The van der Waals surface area contributed by atoms with E-state index in [1.54, 1.807) is 0 Å². The Morgan fingerprint density at radius 1 is 0.750 bits per heavy atom. The molecule has 5 aromatic carbocycles. The monoisotopic (exact) mass is 586 g/mol. The normalized spacial score (nSPS) is 12.0. The fourth-order valence-electron chi connectivity index (χ4n) is 5.63. The molecule has 0 aliphatic heterocycles. The Hall–Kier alpha value is -4.48. The van der Waals surface area contributed by atoms with Gasteiger partial charge in [0, 0.05) is 34.4 Å². The van der Waals surface area contributed by atoms with E-state index in [0.29, 0.717) is 0 Å². The first-order valence-corrected chi connectivity index (χ1v) is 13.2. The summed E-state index contributed by atoms with van der Waals surface area (Å²) in [5.74, 6) is 1.10. The molecule has 5 heteroatoms. The molecule has 0 N–H and O–H groups in total. The van der Waals surface area contributed by atoms with Crippen LogP contribution in [0.4, 0.5) is 0 Å². The van der Waals surface area contributed by atoms with Crippen LogP contribution in [0.5, 0.6) is 0 Å². The molecule has 0 fully saturated rings. The van der Waals surface area contributed by atoms with Crippen molar-refractivity contribution in [2.24, 2.45) is 0 Å². The molecule has 0 radical (unpaired) electrons. The van der Waals surface area contributed by atoms with Crippen LogP contribution in [0.1, 0.15) is 33.4 Å². The SMILES string of the molecule is Cc1n(C(c2ccccc2)c2ccc3oc4ccccc4c3c2)cc[n+]1CC(=O)c1ccc2ccccc2c1.[Br-]. The fraction of sp³-hybridized carbons (Fsp3) is 0.0857. The number of rotatable bonds is 6. The summed E-state index contributed by atoms with van der Waals surface area (Å²) in [6, 6.07) is 39.1. The zero-order valence-electron chi connectivity index (χ0n) is 22.0. The number of carbonyl (C=O) groups excluding carboxylic acids is 1. The number of benzene rings is 5. The maximum absolute atomic E-state index is 13.3. The van der Waals surface area contributed by atoms with Gasteiger partial charge < -0.3 is 21.4 Å². The van der Waals surface area contributed by atoms with Gasteiger partial charge in [0.2, 0.25) is 5.78 Å². The molecule has 0 aliphatic carbocycles. The quantitative estimate of drug-likeness (QED) is 0.210. The minimum absolute atomic E-state index is 0. The van der Waals surface area contributed by atoms with Crippen LogP contribution in [0.2, 0.25) is 0 Å². The van der Waals surface area contributed by atoms with E-state index in [2.05, 4.69) is 72.3 Å². The van der Waals surface area contributed by atoms with Crippen molar-refractivity contribution in [3.05, 3.63) is 150 Å². The molecule has 0 saturated heterocycles. The number of nitrogens with zero attached hydrogens (tertiary/aromatic N) is 2. The van der Waals surface area contributed by atoms with Crippen molar-refractivity contribution >= 4 is 38.5 Å². The molecular weight excluding hydrogens is 560 g/mol. The Kier molecular flexibility index (Phi) is 6.82. The summed E-state index contributed by atoms with van der Waals surface area (Å²) in [5.41, 5.74) is 4.84. The van der Waals surface area contributed by atoms with Crippen LogP contribution in [0, 0.1) is 6.92 Å². The number of hydrogen-bond donors (Lipinski definition) is 0. The van der Waals surface area contributed by atoms with Crippen molar-refractivity contribution in [3.8, 4) is 0 Å². The zero-order chi connectivity index (χ0) is 26.3. The molecule has 2 heterocycles. The van der Waals surface area contributed by atoms with E-state index in [-0.39, 0.29) is 35.4 Å². The summed E-state index contributed by atoms with van der Waals surface area (Å²) in [4.78, 5) is 13.3. The highest BCUT2D eigenvalue weighted by Gasteiger charge is 2.27. The molecule has 0 spiro atoms. The van der Waals surface area contributed by atoms with Gasteiger partial charge in [-0.15, -0.1) is 0 Å². The molecule has 0 aliphatic rings. The molecule has 0 amide bonds. The molecule has 1 atom stereocenters. The lowest BCUT2D eigenvalue weighted by Gasteiger charge is -2.17. The van der Waals surface area contributed by atoms with Gasteiger partial charge in [0.15, 0.2) is 12.6 Å². The van der Waals surface area contributed by atoms with E-state index in [1.807, 2.05) is 71.4 Å². The van der Waals surface area contributed by atoms with Gasteiger partial charge in [-0.25, -0.2) is 9.13 Å². The van der Waals surface area contributed by atoms with Crippen LogP contribution >= 0.6 is 0 Å². The lowest BCUT2D eigenvalue weighted by molar-refractivity contribution is -0.688. The Morgan fingerprint density at radius 3 is 2.33 bits per heavy atom. The smallest absolute Gasteiger partial charge is 0.254 e. The van der Waals surface area contributed by atoms with Crippen molar-refractivity contribution in [1.82, 2.24) is 4.57 Å². The average molecular weight is 588 g/mol. The summed E-state index contributed by atoms with van der Waals surface area (Å²) in [6.45, 7) is 2.36. The third-order valence-electron chi connectivity index (χ3n) is 7.69. The number of halogens is 1. The number of carbonyl (C=O) groups is 1. The van der Waals surface area contributed by atoms with Crippen LogP contribution < -0.4 is 21.5 Å². The maximum atomic E-state index is 13.3. The largest absolute Gasteiger partial charge is 1.00 e. The highest BCUT2D eigenvalue weighted by Crippen LogP contribution is 2.34. The number of imidazole rings is 1. The van der Waals surface area contributed by atoms with E-state index >= 15 is 0 Å². The van der Waals surface area contributed by atoms with Crippen LogP contribution in [0.3, 0.4) is 0 Å². The molecule has 0 bridgehead atoms. The fourth-order valence-corrected chi connectivity index (χ4v) is 5.63. The van der Waals surface area contributed by atoms with Crippen molar-refractivity contribution in [2.45, 2.75) is 19.5 Å². The highest BCUT2D eigenvalue weighted by molar-refractivity contribution is 6.05. The Labute approximate surface area is 242 Å². The molecule has 7 aromatic rings. The van der Waals surface area contributed by atoms with Gasteiger partial charge in [0.25, 0.3) is 5.82 Å². The summed E-state index contributed by atoms with van der Waals surface area (Å²) in [7, 11) is 0. The van der Waals surface area contributed by atoms with E-state index in [9.17, 15) is 4.79 Å². The van der Waals surface area contributed by atoms with Gasteiger partial charge in [0.05, 0.1) is 0 Å². The first-order valence-electron chi connectivity index (χ1n) is 13.2. The Morgan fingerprint density at radius 2 is 1.48 bits per heavy atom. The van der Waals surface area contributed by atoms with Gasteiger partial charge in [0.1, 0.15) is 23.6 Å². The Bertz CT molecular complexity index is 1990. The number of furan rings is 1. The van der Waals surface area contributed by atoms with Gasteiger partial charge >= 0.3 is 0 Å². The topological polar surface area (TPSA) is 39.0 Å². The summed E-state index contributed by atoms with van der Waals surface area (Å²) >= 11 is 0. The third-order valence-corrected chi connectivity index (χ3v) is 7.69. The van der Waals surface area contributed by atoms with E-state index in [0.717, 1.165) is 49.7 Å². The molecular formula is C35H27BrN2O2. The summed E-state index contributed by atoms with van der Waals surface area (Å²) in [6.07, 6.45) is 4.09. The van der Waals surface area contributed by atoms with Crippen LogP contribution in [-0.2, 0) is 6.54 Å². The Balaban J connectivity index is 0.00000289. The predicted molar refractivity (Wildman–Crippen MR) is 155 cm³/mol. The second kappa shape index (κ2) is 10.6. The maximum Gasteiger partial charge on any atom is 0.254 e. The van der Waals surface area contributed by atoms with Gasteiger partial charge in [-0.1, -0.05) is 91.0 Å². The van der Waals surface area contributed by atoms with Crippen molar-refractivity contribution in [2.75, 3.05) is 0 Å². The average Bonchev–Trinajstić information content (AvgIpc) is 3.53. The van der Waals surface area contributed by atoms with E-state index in [4.69, 9.17) is 4.42 Å². The second-order valence-corrected chi connectivity index (χ2v) is 10.0. The molecule has 0 saturated carbocycles. The molecule has 7 rings (SSSR count). The van der Waals surface area contributed by atoms with Gasteiger partial charge in [-0.3, -0.25) is 4.79 Å². The van der Waals surface area contributed by atoms with Crippen LogP contribution in [0.15, 0.2) is 132 Å². The second-order valence-electron chi connectivity index (χ2n) is 10.0. The summed E-state index contributed by atoms with van der Waals surface area (Å²) in [5, 5.41) is 4.43. The first-order chi connectivity index (χ1) is 19.2. The first kappa shape index (κ1) is 25.8. The van der Waals surface area contributed by atoms with Gasteiger partial charge in [-0.2, -0.15) is 0 Å². The number of fused-ring (bicyclic) bond motifs is 4. The predicted octanol–water partition coefficient (Wildman–Crippen LogP) is 4.66. The lowest BCUT2D eigenvalue weighted by atomic mass is 9.96. The zero-order valence-corrected chi connectivity index (χ0v) is 23.6. The van der Waals surface area contributed by atoms with Crippen molar-refractivity contribution in [3.63, 3.8) is 0 Å². The number of aromatic nitrogens is 2. The number of Topliss-reactive ketones (excluding diaryl/α,β-unsaturated/α-hetero) is 1. The summed E-state index contributed by atoms with van der Waals surface area (Å²) < 4.78 is 10.4. The number of para-hydroxylation sites is 1. The molecule has 196 valence electrons. The lowest BCUT2D eigenvalue weighted by Crippen LogP contribution is -3.00. The number of hydrogen-bond acceptors (Lipinski definition) is 2. The molecule has 40 heavy (non-hydrogen) atoms. The minimum atomic E-state index is -0.0544.